The van der Waals surface area contributed by atoms with E-state index in [1.165, 1.54) is 17.2 Å². The SMILES string of the molecule is CC1CCN(c2cc(C3CCN(CC(F)(F)F)CC3)ccc2NC(=O)Oc2cc(C#N)c[nH]2)CC1. The molecule has 0 bridgehead atoms. The van der Waals surface area contributed by atoms with Gasteiger partial charge in [0.1, 0.15) is 6.07 Å². The summed E-state index contributed by atoms with van der Waals surface area (Å²) in [6, 6.07) is 9.27. The fraction of sp³-hybridized carbons (Fsp3) is 0.520. The normalized spacial score (nSPS) is 18.3. The second kappa shape index (κ2) is 10.6. The Balaban J connectivity index is 1.48. The minimum atomic E-state index is -4.18. The third-order valence-electron chi connectivity index (χ3n) is 6.83. The standard InChI is InChI=1S/C25H30F3N5O2/c1-17-4-10-33(11-5-17)22-13-20(19-6-8-32(9-7-19)16-25(26,27)28)2-3-21(22)31-24(34)35-23-12-18(14-29)15-30-23/h2-3,12-13,15,17,19,30H,4-11,16H2,1H3,(H,31,34). The summed E-state index contributed by atoms with van der Waals surface area (Å²) in [6.07, 6.45) is 0.0232. The zero-order valence-electron chi connectivity index (χ0n) is 19.7. The van der Waals surface area contributed by atoms with Gasteiger partial charge in [0, 0.05) is 25.4 Å². The molecule has 2 aliphatic heterocycles. The van der Waals surface area contributed by atoms with Crippen LogP contribution in [0.2, 0.25) is 0 Å². The Morgan fingerprint density at radius 3 is 2.51 bits per heavy atom. The molecule has 2 fully saturated rings. The van der Waals surface area contributed by atoms with Gasteiger partial charge in [0.2, 0.25) is 5.88 Å². The van der Waals surface area contributed by atoms with Gasteiger partial charge < -0.3 is 14.6 Å². The van der Waals surface area contributed by atoms with Crippen LogP contribution in [0.5, 0.6) is 5.88 Å². The van der Waals surface area contributed by atoms with Gasteiger partial charge >= 0.3 is 12.3 Å². The number of H-pyrrole nitrogens is 1. The zero-order valence-corrected chi connectivity index (χ0v) is 19.7. The lowest BCUT2D eigenvalue weighted by Crippen LogP contribution is -2.39. The summed E-state index contributed by atoms with van der Waals surface area (Å²) >= 11 is 0. The molecule has 1 amide bonds. The molecule has 0 spiro atoms. The summed E-state index contributed by atoms with van der Waals surface area (Å²) in [4.78, 5) is 19.0. The Bertz CT molecular complexity index is 1060. The van der Waals surface area contributed by atoms with Gasteiger partial charge in [-0.15, -0.1) is 0 Å². The number of rotatable bonds is 5. The molecule has 2 aromatic rings. The predicted octanol–water partition coefficient (Wildman–Crippen LogP) is 5.48. The fourth-order valence-electron chi connectivity index (χ4n) is 4.83. The third kappa shape index (κ3) is 6.69. The first kappa shape index (κ1) is 24.9. The van der Waals surface area contributed by atoms with Crippen molar-refractivity contribution >= 4 is 17.5 Å². The number of nitrogens with zero attached hydrogens (tertiary/aromatic N) is 3. The molecule has 35 heavy (non-hydrogen) atoms. The van der Waals surface area contributed by atoms with Crippen molar-refractivity contribution in [1.82, 2.24) is 9.88 Å². The molecule has 0 aliphatic carbocycles. The van der Waals surface area contributed by atoms with Gasteiger partial charge in [-0.2, -0.15) is 18.4 Å². The molecular weight excluding hydrogens is 459 g/mol. The van der Waals surface area contributed by atoms with Crippen molar-refractivity contribution in [2.45, 2.75) is 44.7 Å². The third-order valence-corrected chi connectivity index (χ3v) is 6.83. The molecule has 10 heteroatoms. The number of halogens is 3. The van der Waals surface area contributed by atoms with E-state index in [1.807, 2.05) is 18.2 Å². The largest absolute Gasteiger partial charge is 0.418 e. The number of ether oxygens (including phenoxy) is 1. The maximum atomic E-state index is 12.7. The van der Waals surface area contributed by atoms with E-state index in [0.29, 0.717) is 43.1 Å². The number of aromatic amines is 1. The highest BCUT2D eigenvalue weighted by atomic mass is 19.4. The summed E-state index contributed by atoms with van der Waals surface area (Å²) < 4.78 is 43.5. The van der Waals surface area contributed by atoms with Gasteiger partial charge in [-0.3, -0.25) is 10.2 Å². The summed E-state index contributed by atoms with van der Waals surface area (Å²) in [5.41, 5.74) is 2.96. The van der Waals surface area contributed by atoms with E-state index < -0.39 is 18.8 Å². The average Bonchev–Trinajstić information content (AvgIpc) is 3.27. The topological polar surface area (TPSA) is 84.4 Å². The van der Waals surface area contributed by atoms with E-state index in [9.17, 15) is 18.0 Å². The van der Waals surface area contributed by atoms with Crippen LogP contribution in [0.1, 0.15) is 49.7 Å². The Morgan fingerprint density at radius 1 is 1.17 bits per heavy atom. The van der Waals surface area contributed by atoms with Crippen LogP contribution in [0.25, 0.3) is 0 Å². The van der Waals surface area contributed by atoms with Gasteiger partial charge in [-0.1, -0.05) is 13.0 Å². The first-order chi connectivity index (χ1) is 16.7. The lowest BCUT2D eigenvalue weighted by atomic mass is 9.88. The molecule has 7 nitrogen and oxygen atoms in total. The van der Waals surface area contributed by atoms with Crippen molar-refractivity contribution in [3.63, 3.8) is 0 Å². The van der Waals surface area contributed by atoms with Gasteiger partial charge in [-0.05, 0) is 68.3 Å². The maximum Gasteiger partial charge on any atom is 0.418 e. The number of likely N-dealkylation sites (tertiary alicyclic amines) is 1. The minimum Gasteiger partial charge on any atom is -0.393 e. The van der Waals surface area contributed by atoms with E-state index in [2.05, 4.69) is 28.2 Å². The number of alkyl halides is 3. The molecule has 1 aromatic carbocycles. The molecule has 0 radical (unpaired) electrons. The van der Waals surface area contributed by atoms with Crippen LogP contribution in [0.15, 0.2) is 30.5 Å². The van der Waals surface area contributed by atoms with Crippen LogP contribution >= 0.6 is 0 Å². The number of carbonyl (C=O) groups is 1. The summed E-state index contributed by atoms with van der Waals surface area (Å²) in [5.74, 6) is 0.983. The Hall–Kier alpha value is -3.19. The highest BCUT2D eigenvalue weighted by Crippen LogP contribution is 2.36. The Labute approximate surface area is 202 Å². The quantitative estimate of drug-likeness (QED) is 0.582. The van der Waals surface area contributed by atoms with Crippen molar-refractivity contribution in [1.29, 1.82) is 5.26 Å². The lowest BCUT2D eigenvalue weighted by molar-refractivity contribution is -0.147. The monoisotopic (exact) mass is 489 g/mol. The zero-order chi connectivity index (χ0) is 25.0. The van der Waals surface area contributed by atoms with E-state index in [-0.39, 0.29) is 11.8 Å². The maximum absolute atomic E-state index is 12.7. The number of aromatic nitrogens is 1. The molecule has 0 unspecified atom stereocenters. The number of nitrogens with one attached hydrogen (secondary N) is 2. The average molecular weight is 490 g/mol. The number of amides is 1. The molecule has 2 aliphatic rings. The number of anilines is 2. The van der Waals surface area contributed by atoms with Gasteiger partial charge in [0.05, 0.1) is 23.5 Å². The van der Waals surface area contributed by atoms with E-state index in [0.717, 1.165) is 37.2 Å². The molecule has 4 rings (SSSR count). The number of carbonyl (C=O) groups excluding carboxylic acids is 1. The Morgan fingerprint density at radius 2 is 1.89 bits per heavy atom. The Kier molecular flexibility index (Phi) is 7.55. The number of hydrogen-bond donors (Lipinski definition) is 2. The lowest BCUT2D eigenvalue weighted by Gasteiger charge is -2.35. The van der Waals surface area contributed by atoms with E-state index >= 15 is 0 Å². The van der Waals surface area contributed by atoms with Crippen LogP contribution in [-0.4, -0.2) is 54.9 Å². The molecule has 0 saturated carbocycles. The van der Waals surface area contributed by atoms with Gasteiger partial charge in [-0.25, -0.2) is 4.79 Å². The molecule has 1 aromatic heterocycles. The van der Waals surface area contributed by atoms with Crippen LogP contribution in [0, 0.1) is 17.2 Å². The van der Waals surface area contributed by atoms with Gasteiger partial charge in [0.25, 0.3) is 0 Å². The van der Waals surface area contributed by atoms with Crippen molar-refractivity contribution in [3.8, 4) is 11.9 Å². The fourth-order valence-corrected chi connectivity index (χ4v) is 4.83. The second-order valence-electron chi connectivity index (χ2n) is 9.49. The number of piperidine rings is 2. The second-order valence-corrected chi connectivity index (χ2v) is 9.49. The number of hydrogen-bond acceptors (Lipinski definition) is 5. The van der Waals surface area contributed by atoms with Gasteiger partial charge in [0.15, 0.2) is 0 Å². The summed E-state index contributed by atoms with van der Waals surface area (Å²) in [6.45, 7) is 3.91. The van der Waals surface area contributed by atoms with Crippen molar-refractivity contribution < 1.29 is 22.7 Å². The number of benzene rings is 1. The molecule has 2 saturated heterocycles. The molecule has 188 valence electrons. The van der Waals surface area contributed by atoms with E-state index in [1.54, 1.807) is 0 Å². The van der Waals surface area contributed by atoms with Crippen LogP contribution in [-0.2, 0) is 0 Å². The molecule has 2 N–H and O–H groups in total. The molecular formula is C25H30F3N5O2. The highest BCUT2D eigenvalue weighted by molar-refractivity contribution is 5.91. The van der Waals surface area contributed by atoms with Crippen LogP contribution in [0.4, 0.5) is 29.3 Å². The van der Waals surface area contributed by atoms with Crippen molar-refractivity contribution in [3.05, 3.63) is 41.6 Å². The summed E-state index contributed by atoms with van der Waals surface area (Å²) in [7, 11) is 0. The molecule has 3 heterocycles. The highest BCUT2D eigenvalue weighted by Gasteiger charge is 2.33. The van der Waals surface area contributed by atoms with Crippen LogP contribution in [0.3, 0.4) is 0 Å². The smallest absolute Gasteiger partial charge is 0.393 e. The first-order valence-corrected chi connectivity index (χ1v) is 12.0. The van der Waals surface area contributed by atoms with E-state index in [4.69, 9.17) is 10.00 Å². The van der Waals surface area contributed by atoms with Crippen molar-refractivity contribution in [2.24, 2.45) is 5.92 Å². The van der Waals surface area contributed by atoms with Crippen molar-refractivity contribution in [2.75, 3.05) is 42.9 Å². The minimum absolute atomic E-state index is 0.172. The summed E-state index contributed by atoms with van der Waals surface area (Å²) in [5, 5.41) is 11.8. The van der Waals surface area contributed by atoms with Crippen LogP contribution < -0.4 is 15.0 Å². The predicted molar refractivity (Wildman–Crippen MR) is 127 cm³/mol. The first-order valence-electron chi connectivity index (χ1n) is 12.0. The molecule has 0 atom stereocenters. The number of nitriles is 1.